The maximum Gasteiger partial charge on any atom is 0.238 e. The third-order valence-corrected chi connectivity index (χ3v) is 11.2. The van der Waals surface area contributed by atoms with Crippen molar-refractivity contribution >= 4 is 43.6 Å². The molecule has 0 atom stereocenters. The number of rotatable bonds is 4. The summed E-state index contributed by atoms with van der Waals surface area (Å²) in [6.07, 6.45) is 0. The van der Waals surface area contributed by atoms with Crippen LogP contribution in [0.4, 0.5) is 0 Å². The molecular formula is C48H33N5. The van der Waals surface area contributed by atoms with Gasteiger partial charge in [0.15, 0.2) is 11.6 Å². The van der Waals surface area contributed by atoms with Gasteiger partial charge in [0.1, 0.15) is 0 Å². The van der Waals surface area contributed by atoms with Crippen molar-refractivity contribution in [3.05, 3.63) is 175 Å². The monoisotopic (exact) mass is 679 g/mol. The molecule has 11 rings (SSSR count). The van der Waals surface area contributed by atoms with Gasteiger partial charge < -0.3 is 4.57 Å². The molecule has 0 unspecified atom stereocenters. The lowest BCUT2D eigenvalue weighted by atomic mass is 9.81. The Morgan fingerprint density at radius 1 is 0.434 bits per heavy atom. The van der Waals surface area contributed by atoms with Crippen molar-refractivity contribution in [2.45, 2.75) is 19.3 Å². The van der Waals surface area contributed by atoms with Gasteiger partial charge in [0.2, 0.25) is 5.95 Å². The predicted octanol–water partition coefficient (Wildman–Crippen LogP) is 11.7. The highest BCUT2D eigenvalue weighted by molar-refractivity contribution is 6.13. The van der Waals surface area contributed by atoms with Crippen molar-refractivity contribution in [1.29, 1.82) is 0 Å². The van der Waals surface area contributed by atoms with Crippen molar-refractivity contribution in [1.82, 2.24) is 24.1 Å². The third kappa shape index (κ3) is 4.28. The summed E-state index contributed by atoms with van der Waals surface area (Å²) >= 11 is 0. The molecule has 0 aliphatic heterocycles. The number of hydrogen-bond donors (Lipinski definition) is 0. The maximum atomic E-state index is 5.26. The highest BCUT2D eigenvalue weighted by Gasteiger charge is 2.38. The molecule has 10 aromatic rings. The topological polar surface area (TPSA) is 48.5 Å². The van der Waals surface area contributed by atoms with Crippen molar-refractivity contribution in [2.75, 3.05) is 0 Å². The van der Waals surface area contributed by atoms with E-state index < -0.39 is 0 Å². The van der Waals surface area contributed by atoms with Gasteiger partial charge >= 0.3 is 0 Å². The van der Waals surface area contributed by atoms with Crippen LogP contribution in [0, 0.1) is 0 Å². The van der Waals surface area contributed by atoms with Crippen LogP contribution in [0.1, 0.15) is 25.0 Å². The minimum atomic E-state index is -0.175. The molecule has 53 heavy (non-hydrogen) atoms. The normalized spacial score (nSPS) is 13.2. The summed E-state index contributed by atoms with van der Waals surface area (Å²) in [6, 6.07) is 58.1. The van der Waals surface area contributed by atoms with Gasteiger partial charge in [-0.15, -0.1) is 0 Å². The Morgan fingerprint density at radius 2 is 1.00 bits per heavy atom. The summed E-state index contributed by atoms with van der Waals surface area (Å²) in [6.45, 7) is 4.73. The van der Waals surface area contributed by atoms with Gasteiger partial charge in [-0.25, -0.2) is 4.98 Å². The zero-order valence-corrected chi connectivity index (χ0v) is 29.3. The van der Waals surface area contributed by atoms with Gasteiger partial charge in [-0.2, -0.15) is 9.97 Å². The van der Waals surface area contributed by atoms with Crippen molar-refractivity contribution < 1.29 is 0 Å². The first-order valence-corrected chi connectivity index (χ1v) is 18.1. The molecule has 0 fully saturated rings. The van der Waals surface area contributed by atoms with Gasteiger partial charge in [-0.05, 0) is 52.6 Å². The van der Waals surface area contributed by atoms with Crippen LogP contribution in [0.5, 0.6) is 0 Å². The van der Waals surface area contributed by atoms with Gasteiger partial charge in [-0.3, -0.25) is 4.57 Å². The molecule has 0 saturated carbocycles. The lowest BCUT2D eigenvalue weighted by molar-refractivity contribution is 0.664. The van der Waals surface area contributed by atoms with E-state index in [1.54, 1.807) is 0 Å². The van der Waals surface area contributed by atoms with E-state index in [0.29, 0.717) is 17.6 Å². The SMILES string of the molecule is CC1(C)c2ccccc2-c2ccc3c4ccccc4n(-c4cccc(-c5nc(-c6ccccc6)nc(-n6c7ccccc7c7ccccc76)n5)c4)c3c21. The second kappa shape index (κ2) is 11.1. The molecule has 0 radical (unpaired) electrons. The van der Waals surface area contributed by atoms with Crippen LogP contribution in [0.15, 0.2) is 164 Å². The Balaban J connectivity index is 1.17. The fourth-order valence-corrected chi connectivity index (χ4v) is 8.81. The van der Waals surface area contributed by atoms with Crippen molar-refractivity contribution in [3.8, 4) is 45.5 Å². The second-order valence-corrected chi connectivity index (χ2v) is 14.5. The number of para-hydroxylation sites is 3. The molecule has 0 bridgehead atoms. The molecule has 0 N–H and O–H groups in total. The molecule has 0 saturated heterocycles. The summed E-state index contributed by atoms with van der Waals surface area (Å²) in [7, 11) is 0. The molecule has 3 heterocycles. The van der Waals surface area contributed by atoms with Crippen LogP contribution in [0.25, 0.3) is 89.2 Å². The lowest BCUT2D eigenvalue weighted by Gasteiger charge is -2.23. The van der Waals surface area contributed by atoms with Crippen molar-refractivity contribution in [2.24, 2.45) is 0 Å². The molecule has 5 nitrogen and oxygen atoms in total. The lowest BCUT2D eigenvalue weighted by Crippen LogP contribution is -2.16. The standard InChI is InChI=1S/C48H33N5/c1-48(2)39-23-10-6-19-33(39)37-27-28-38-36-22-9-11-24-40(36)52(44(38)43(37)48)32-18-14-17-31(29-32)46-49-45(30-15-4-3-5-16-30)50-47(51-46)53-41-25-12-7-20-34(41)35-21-8-13-26-42(35)53/h3-29H,1-2H3. The van der Waals surface area contributed by atoms with E-state index in [1.807, 2.05) is 18.2 Å². The van der Waals surface area contributed by atoms with E-state index in [2.05, 4.69) is 169 Å². The molecule has 1 aliphatic rings. The van der Waals surface area contributed by atoms with E-state index in [0.717, 1.165) is 38.6 Å². The van der Waals surface area contributed by atoms with Crippen LogP contribution in [0.3, 0.4) is 0 Å². The number of nitrogens with zero attached hydrogens (tertiary/aromatic N) is 5. The molecule has 0 amide bonds. The summed E-state index contributed by atoms with van der Waals surface area (Å²) in [5.74, 6) is 1.84. The summed E-state index contributed by atoms with van der Waals surface area (Å²) in [5.41, 5.74) is 12.6. The highest BCUT2D eigenvalue weighted by atomic mass is 15.2. The minimum Gasteiger partial charge on any atom is -0.309 e. The molecule has 3 aromatic heterocycles. The minimum absolute atomic E-state index is 0.175. The van der Waals surface area contributed by atoms with Crippen LogP contribution in [-0.2, 0) is 5.41 Å². The van der Waals surface area contributed by atoms with Gasteiger partial charge in [0, 0.05) is 43.8 Å². The Hall–Kier alpha value is -6.85. The van der Waals surface area contributed by atoms with Gasteiger partial charge in [0.25, 0.3) is 0 Å². The Kier molecular flexibility index (Phi) is 6.23. The van der Waals surface area contributed by atoms with Gasteiger partial charge in [-0.1, -0.05) is 147 Å². The van der Waals surface area contributed by atoms with Gasteiger partial charge in [0.05, 0.1) is 22.1 Å². The quantitative estimate of drug-likeness (QED) is 0.186. The molecule has 7 aromatic carbocycles. The first-order valence-electron chi connectivity index (χ1n) is 18.1. The molecule has 250 valence electrons. The number of hydrogen-bond acceptors (Lipinski definition) is 3. The third-order valence-electron chi connectivity index (χ3n) is 11.2. The summed E-state index contributed by atoms with van der Waals surface area (Å²) < 4.78 is 4.62. The predicted molar refractivity (Wildman–Crippen MR) is 217 cm³/mol. The van der Waals surface area contributed by atoms with Crippen molar-refractivity contribution in [3.63, 3.8) is 0 Å². The first kappa shape index (κ1) is 29.8. The zero-order valence-electron chi connectivity index (χ0n) is 29.3. The average molecular weight is 680 g/mol. The van der Waals surface area contributed by atoms with Crippen LogP contribution in [0.2, 0.25) is 0 Å². The fourth-order valence-electron chi connectivity index (χ4n) is 8.81. The van der Waals surface area contributed by atoms with Crippen LogP contribution < -0.4 is 0 Å². The fraction of sp³-hybridized carbons (Fsp3) is 0.0625. The van der Waals surface area contributed by atoms with Crippen LogP contribution >= 0.6 is 0 Å². The Labute approximate surface area is 306 Å². The Morgan fingerprint density at radius 3 is 1.72 bits per heavy atom. The zero-order chi connectivity index (χ0) is 35.3. The first-order chi connectivity index (χ1) is 26.1. The summed E-state index contributed by atoms with van der Waals surface area (Å²) in [5, 5.41) is 4.82. The molecule has 5 heteroatoms. The van der Waals surface area contributed by atoms with E-state index in [-0.39, 0.29) is 5.41 Å². The number of fused-ring (bicyclic) bond motifs is 10. The second-order valence-electron chi connectivity index (χ2n) is 14.5. The average Bonchev–Trinajstić information content (AvgIpc) is 3.81. The molecule has 1 aliphatic carbocycles. The van der Waals surface area contributed by atoms with Crippen LogP contribution in [-0.4, -0.2) is 24.1 Å². The van der Waals surface area contributed by atoms with E-state index in [4.69, 9.17) is 15.0 Å². The highest BCUT2D eigenvalue weighted by Crippen LogP contribution is 2.53. The smallest absolute Gasteiger partial charge is 0.238 e. The van der Waals surface area contributed by atoms with E-state index in [9.17, 15) is 0 Å². The van der Waals surface area contributed by atoms with E-state index >= 15 is 0 Å². The summed E-state index contributed by atoms with van der Waals surface area (Å²) in [4.78, 5) is 15.5. The molecule has 0 spiro atoms. The largest absolute Gasteiger partial charge is 0.309 e. The maximum absolute atomic E-state index is 5.26. The van der Waals surface area contributed by atoms with E-state index in [1.165, 1.54) is 44.1 Å². The Bertz CT molecular complexity index is 3040. The number of benzene rings is 7. The number of aromatic nitrogens is 5. The molecular weight excluding hydrogens is 647 g/mol.